The van der Waals surface area contributed by atoms with Crippen molar-refractivity contribution in [1.29, 1.82) is 0 Å². The second kappa shape index (κ2) is 2.87. The minimum atomic E-state index is 0.207. The molecule has 0 aliphatic heterocycles. The number of benzene rings is 1. The standard InChI is InChI=1S/C11H13NO/c1-7-5-8-3-2-4-10(13)11(8)9(12)6-7/h5-6H,2-4,12H2,1H3. The number of hydrogen-bond acceptors (Lipinski definition) is 2. The third kappa shape index (κ3) is 1.32. The lowest BCUT2D eigenvalue weighted by molar-refractivity contribution is 0.0973. The topological polar surface area (TPSA) is 43.1 Å². The summed E-state index contributed by atoms with van der Waals surface area (Å²) in [5.41, 5.74) is 9.52. The fourth-order valence-electron chi connectivity index (χ4n) is 1.99. The first-order chi connectivity index (χ1) is 6.18. The number of rotatable bonds is 0. The summed E-state index contributed by atoms with van der Waals surface area (Å²) in [7, 11) is 0. The summed E-state index contributed by atoms with van der Waals surface area (Å²) >= 11 is 0. The Bertz CT molecular complexity index is 369. The van der Waals surface area contributed by atoms with Crippen LogP contribution in [0.2, 0.25) is 0 Å². The summed E-state index contributed by atoms with van der Waals surface area (Å²) in [4.78, 5) is 11.5. The van der Waals surface area contributed by atoms with Crippen LogP contribution in [0.3, 0.4) is 0 Å². The number of nitrogen functional groups attached to an aromatic ring is 1. The van der Waals surface area contributed by atoms with Crippen LogP contribution in [0, 0.1) is 6.92 Å². The molecule has 2 heteroatoms. The zero-order valence-corrected chi connectivity index (χ0v) is 7.76. The normalized spacial score (nSPS) is 15.6. The molecule has 0 spiro atoms. The number of anilines is 1. The maximum absolute atomic E-state index is 11.5. The molecule has 1 aromatic carbocycles. The molecule has 0 saturated heterocycles. The molecule has 1 aliphatic rings. The van der Waals surface area contributed by atoms with Gasteiger partial charge in [-0.25, -0.2) is 0 Å². The van der Waals surface area contributed by atoms with Gasteiger partial charge in [0.1, 0.15) is 0 Å². The van der Waals surface area contributed by atoms with Crippen molar-refractivity contribution in [3.8, 4) is 0 Å². The van der Waals surface area contributed by atoms with Crippen LogP contribution >= 0.6 is 0 Å². The largest absolute Gasteiger partial charge is 0.398 e. The zero-order chi connectivity index (χ0) is 9.42. The summed E-state index contributed by atoms with van der Waals surface area (Å²) in [6.07, 6.45) is 2.61. The highest BCUT2D eigenvalue weighted by atomic mass is 16.1. The number of fused-ring (bicyclic) bond motifs is 1. The predicted octanol–water partition coefficient (Wildman–Crippen LogP) is 2.10. The minimum Gasteiger partial charge on any atom is -0.398 e. The molecule has 0 radical (unpaired) electrons. The van der Waals surface area contributed by atoms with E-state index in [9.17, 15) is 4.79 Å². The Morgan fingerprint density at radius 3 is 2.85 bits per heavy atom. The molecule has 0 amide bonds. The van der Waals surface area contributed by atoms with Gasteiger partial charge in [-0.1, -0.05) is 6.07 Å². The van der Waals surface area contributed by atoms with Crippen LogP contribution < -0.4 is 5.73 Å². The lowest BCUT2D eigenvalue weighted by atomic mass is 9.88. The average molecular weight is 175 g/mol. The van der Waals surface area contributed by atoms with Crippen LogP contribution in [0.1, 0.15) is 34.3 Å². The predicted molar refractivity (Wildman–Crippen MR) is 52.9 cm³/mol. The van der Waals surface area contributed by atoms with E-state index in [0.29, 0.717) is 12.1 Å². The van der Waals surface area contributed by atoms with Crippen molar-refractivity contribution in [2.45, 2.75) is 26.2 Å². The third-order valence-electron chi connectivity index (χ3n) is 2.52. The van der Waals surface area contributed by atoms with Crippen molar-refractivity contribution in [3.05, 3.63) is 28.8 Å². The van der Waals surface area contributed by atoms with E-state index in [1.165, 1.54) is 0 Å². The van der Waals surface area contributed by atoms with Gasteiger partial charge >= 0.3 is 0 Å². The van der Waals surface area contributed by atoms with Crippen LogP contribution in [-0.4, -0.2) is 5.78 Å². The van der Waals surface area contributed by atoms with Gasteiger partial charge in [-0.05, 0) is 37.0 Å². The maximum Gasteiger partial charge on any atom is 0.165 e. The lowest BCUT2D eigenvalue weighted by Gasteiger charge is -2.17. The number of nitrogens with two attached hydrogens (primary N) is 1. The first kappa shape index (κ1) is 8.30. The average Bonchev–Trinajstić information content (AvgIpc) is 2.02. The summed E-state index contributed by atoms with van der Waals surface area (Å²) in [5.74, 6) is 0.207. The van der Waals surface area contributed by atoms with Crippen LogP contribution in [0.4, 0.5) is 5.69 Å². The van der Waals surface area contributed by atoms with E-state index in [0.717, 1.165) is 29.5 Å². The van der Waals surface area contributed by atoms with Gasteiger partial charge in [0, 0.05) is 17.7 Å². The van der Waals surface area contributed by atoms with Gasteiger partial charge in [0.15, 0.2) is 5.78 Å². The van der Waals surface area contributed by atoms with E-state index in [1.807, 2.05) is 13.0 Å². The second-order valence-electron chi connectivity index (χ2n) is 3.67. The number of Topliss-reactive ketones (excluding diaryl/α,β-unsaturated/α-hetero) is 1. The van der Waals surface area contributed by atoms with Gasteiger partial charge in [-0.15, -0.1) is 0 Å². The molecule has 1 aromatic rings. The van der Waals surface area contributed by atoms with Gasteiger partial charge in [-0.3, -0.25) is 4.79 Å². The van der Waals surface area contributed by atoms with E-state index in [4.69, 9.17) is 5.73 Å². The highest BCUT2D eigenvalue weighted by Gasteiger charge is 2.19. The van der Waals surface area contributed by atoms with Gasteiger partial charge in [0.05, 0.1) is 0 Å². The first-order valence-electron chi connectivity index (χ1n) is 4.60. The van der Waals surface area contributed by atoms with E-state index in [-0.39, 0.29) is 5.78 Å². The Morgan fingerprint density at radius 2 is 2.08 bits per heavy atom. The van der Waals surface area contributed by atoms with E-state index in [1.54, 1.807) is 0 Å². The fraction of sp³-hybridized carbons (Fsp3) is 0.364. The summed E-state index contributed by atoms with van der Waals surface area (Å²) < 4.78 is 0. The molecule has 0 aromatic heterocycles. The first-order valence-corrected chi connectivity index (χ1v) is 4.60. The fourth-order valence-corrected chi connectivity index (χ4v) is 1.99. The monoisotopic (exact) mass is 175 g/mol. The van der Waals surface area contributed by atoms with E-state index < -0.39 is 0 Å². The van der Waals surface area contributed by atoms with Gasteiger partial charge in [0.25, 0.3) is 0 Å². The number of hydrogen-bond donors (Lipinski definition) is 1. The molecule has 1 aliphatic carbocycles. The number of aryl methyl sites for hydroxylation is 2. The van der Waals surface area contributed by atoms with Crippen molar-refractivity contribution in [2.24, 2.45) is 0 Å². The number of carbonyl (C=O) groups is 1. The van der Waals surface area contributed by atoms with Gasteiger partial charge in [-0.2, -0.15) is 0 Å². The molecule has 0 heterocycles. The Morgan fingerprint density at radius 1 is 1.31 bits per heavy atom. The highest BCUT2D eigenvalue weighted by molar-refractivity contribution is 6.03. The molecular formula is C11H13NO. The van der Waals surface area contributed by atoms with Gasteiger partial charge in [0.2, 0.25) is 0 Å². The van der Waals surface area contributed by atoms with Crippen LogP contribution in [0.15, 0.2) is 12.1 Å². The Balaban J connectivity index is 2.63. The third-order valence-corrected chi connectivity index (χ3v) is 2.52. The molecule has 0 saturated carbocycles. The zero-order valence-electron chi connectivity index (χ0n) is 7.76. The summed E-state index contributed by atoms with van der Waals surface area (Å²) in [5, 5.41) is 0. The van der Waals surface area contributed by atoms with Crippen molar-refractivity contribution >= 4 is 11.5 Å². The van der Waals surface area contributed by atoms with Crippen LogP contribution in [0.5, 0.6) is 0 Å². The molecule has 68 valence electrons. The molecular weight excluding hydrogens is 162 g/mol. The van der Waals surface area contributed by atoms with E-state index >= 15 is 0 Å². The summed E-state index contributed by atoms with van der Waals surface area (Å²) in [6, 6.07) is 3.95. The SMILES string of the molecule is Cc1cc(N)c2c(c1)CCCC2=O. The van der Waals surface area contributed by atoms with Crippen LogP contribution in [0.25, 0.3) is 0 Å². The Kier molecular flexibility index (Phi) is 1.83. The molecule has 0 atom stereocenters. The van der Waals surface area contributed by atoms with Crippen molar-refractivity contribution in [1.82, 2.24) is 0 Å². The Hall–Kier alpha value is -1.31. The summed E-state index contributed by atoms with van der Waals surface area (Å²) in [6.45, 7) is 2.01. The molecule has 0 unspecified atom stereocenters. The van der Waals surface area contributed by atoms with Crippen LogP contribution in [-0.2, 0) is 6.42 Å². The van der Waals surface area contributed by atoms with E-state index in [2.05, 4.69) is 6.07 Å². The lowest BCUT2D eigenvalue weighted by Crippen LogP contribution is -2.13. The molecule has 2 rings (SSSR count). The van der Waals surface area contributed by atoms with Crippen molar-refractivity contribution < 1.29 is 4.79 Å². The van der Waals surface area contributed by atoms with Crippen molar-refractivity contribution in [3.63, 3.8) is 0 Å². The number of ketones is 1. The Labute approximate surface area is 77.8 Å². The smallest absolute Gasteiger partial charge is 0.165 e. The molecule has 0 bridgehead atoms. The molecule has 13 heavy (non-hydrogen) atoms. The quantitative estimate of drug-likeness (QED) is 0.613. The van der Waals surface area contributed by atoms with Crippen molar-refractivity contribution in [2.75, 3.05) is 5.73 Å². The molecule has 2 N–H and O–H groups in total. The second-order valence-corrected chi connectivity index (χ2v) is 3.67. The maximum atomic E-state index is 11.5. The molecule has 0 fully saturated rings. The minimum absolute atomic E-state index is 0.207. The number of carbonyl (C=O) groups excluding carboxylic acids is 1. The molecule has 2 nitrogen and oxygen atoms in total. The van der Waals surface area contributed by atoms with Gasteiger partial charge < -0.3 is 5.73 Å². The highest BCUT2D eigenvalue weighted by Crippen LogP contribution is 2.27.